The molecule has 2 aromatic rings. The van der Waals surface area contributed by atoms with Gasteiger partial charge in [0.2, 0.25) is 0 Å². The number of aryl methyl sites for hydroxylation is 2. The Balaban J connectivity index is 1.62. The van der Waals surface area contributed by atoms with Gasteiger partial charge in [-0.1, -0.05) is 0 Å². The van der Waals surface area contributed by atoms with Crippen LogP contribution in [0.2, 0.25) is 0 Å². The summed E-state index contributed by atoms with van der Waals surface area (Å²) in [4.78, 5) is 24.9. The third-order valence-electron chi connectivity index (χ3n) is 4.11. The average molecular weight is 336 g/mol. The third kappa shape index (κ3) is 3.86. The maximum atomic E-state index is 12.4. The van der Waals surface area contributed by atoms with Gasteiger partial charge in [0.05, 0.1) is 5.56 Å². The van der Waals surface area contributed by atoms with E-state index in [4.69, 9.17) is 0 Å². The fraction of sp³-hybridized carbons (Fsp3) is 0.333. The third-order valence-corrected chi connectivity index (χ3v) is 4.11. The second-order valence-corrected chi connectivity index (χ2v) is 6.06. The highest BCUT2D eigenvalue weighted by atomic mass is 16.2. The van der Waals surface area contributed by atoms with Crippen LogP contribution in [0.1, 0.15) is 16.8 Å². The van der Waals surface area contributed by atoms with Crippen molar-refractivity contribution in [2.45, 2.75) is 13.8 Å². The number of nitriles is 1. The number of carbonyl (C=O) groups excluding carboxylic acids is 1. The molecule has 0 saturated carbocycles. The van der Waals surface area contributed by atoms with E-state index in [9.17, 15) is 10.1 Å². The van der Waals surface area contributed by atoms with Gasteiger partial charge in [-0.05, 0) is 43.7 Å². The standard InChI is InChI=1S/C18H20N6O/c1-13-10-14(2)21-16(11-13)22-18(25)24-8-6-23(7-9-24)17-15(12-19)4-3-5-20-17/h3-5,10-11H,6-9H2,1-2H3,(H,21,22,25). The molecule has 1 aliphatic heterocycles. The maximum Gasteiger partial charge on any atom is 0.323 e. The van der Waals surface area contributed by atoms with Crippen LogP contribution >= 0.6 is 0 Å². The first-order valence-corrected chi connectivity index (χ1v) is 8.18. The second-order valence-electron chi connectivity index (χ2n) is 6.06. The van der Waals surface area contributed by atoms with Crippen LogP contribution in [-0.4, -0.2) is 47.1 Å². The fourth-order valence-corrected chi connectivity index (χ4v) is 2.95. The molecule has 25 heavy (non-hydrogen) atoms. The monoisotopic (exact) mass is 336 g/mol. The van der Waals surface area contributed by atoms with E-state index in [0.717, 1.165) is 11.3 Å². The molecule has 0 bridgehead atoms. The molecule has 0 atom stereocenters. The molecule has 3 heterocycles. The number of urea groups is 1. The lowest BCUT2D eigenvalue weighted by molar-refractivity contribution is 0.208. The number of hydrogen-bond donors (Lipinski definition) is 1. The summed E-state index contributed by atoms with van der Waals surface area (Å²) < 4.78 is 0. The van der Waals surface area contributed by atoms with Crippen molar-refractivity contribution in [1.82, 2.24) is 14.9 Å². The topological polar surface area (TPSA) is 85.2 Å². The molecular formula is C18H20N6O. The molecule has 1 N–H and O–H groups in total. The van der Waals surface area contributed by atoms with Crippen molar-refractivity contribution >= 4 is 17.7 Å². The Kier molecular flexibility index (Phi) is 4.80. The quantitative estimate of drug-likeness (QED) is 0.910. The van der Waals surface area contributed by atoms with E-state index in [0.29, 0.717) is 43.4 Å². The lowest BCUT2D eigenvalue weighted by Gasteiger charge is -2.35. The maximum absolute atomic E-state index is 12.4. The normalized spacial score (nSPS) is 14.1. The minimum Gasteiger partial charge on any atom is -0.352 e. The van der Waals surface area contributed by atoms with Crippen molar-refractivity contribution in [2.24, 2.45) is 0 Å². The van der Waals surface area contributed by atoms with Gasteiger partial charge in [-0.25, -0.2) is 14.8 Å². The summed E-state index contributed by atoms with van der Waals surface area (Å²) >= 11 is 0. The summed E-state index contributed by atoms with van der Waals surface area (Å²) in [7, 11) is 0. The number of amides is 2. The molecule has 0 spiro atoms. The van der Waals surface area contributed by atoms with Crippen LogP contribution in [0.25, 0.3) is 0 Å². The lowest BCUT2D eigenvalue weighted by Crippen LogP contribution is -2.50. The number of nitrogens with zero attached hydrogens (tertiary/aromatic N) is 5. The van der Waals surface area contributed by atoms with Gasteiger partial charge in [0.1, 0.15) is 17.7 Å². The van der Waals surface area contributed by atoms with E-state index in [1.165, 1.54) is 0 Å². The molecule has 7 heteroatoms. The predicted molar refractivity (Wildman–Crippen MR) is 95.5 cm³/mol. The van der Waals surface area contributed by atoms with Crippen molar-refractivity contribution in [1.29, 1.82) is 5.26 Å². The highest BCUT2D eigenvalue weighted by molar-refractivity contribution is 5.88. The number of nitrogens with one attached hydrogen (secondary N) is 1. The number of piperazine rings is 1. The summed E-state index contributed by atoms with van der Waals surface area (Å²) in [6.45, 7) is 6.29. The molecule has 128 valence electrons. The Hall–Kier alpha value is -3.14. The zero-order valence-corrected chi connectivity index (χ0v) is 14.4. The van der Waals surface area contributed by atoms with E-state index < -0.39 is 0 Å². The van der Waals surface area contributed by atoms with Gasteiger partial charge in [0, 0.05) is 38.1 Å². The fourth-order valence-electron chi connectivity index (χ4n) is 2.95. The van der Waals surface area contributed by atoms with E-state index >= 15 is 0 Å². The van der Waals surface area contributed by atoms with Crippen molar-refractivity contribution in [3.8, 4) is 6.07 Å². The van der Waals surface area contributed by atoms with Crippen LogP contribution < -0.4 is 10.2 Å². The summed E-state index contributed by atoms with van der Waals surface area (Å²) in [6.07, 6.45) is 1.68. The molecular weight excluding hydrogens is 316 g/mol. The number of anilines is 2. The van der Waals surface area contributed by atoms with Crippen molar-refractivity contribution in [2.75, 3.05) is 36.4 Å². The van der Waals surface area contributed by atoms with E-state index in [1.807, 2.05) is 30.9 Å². The van der Waals surface area contributed by atoms with Gasteiger partial charge in [0.15, 0.2) is 0 Å². The van der Waals surface area contributed by atoms with Gasteiger partial charge in [0.25, 0.3) is 0 Å². The Labute approximate surface area is 146 Å². The largest absolute Gasteiger partial charge is 0.352 e. The van der Waals surface area contributed by atoms with E-state index in [2.05, 4.69) is 21.4 Å². The van der Waals surface area contributed by atoms with Crippen molar-refractivity contribution < 1.29 is 4.79 Å². The molecule has 0 aromatic carbocycles. The molecule has 0 aliphatic carbocycles. The zero-order chi connectivity index (χ0) is 17.8. The highest BCUT2D eigenvalue weighted by Crippen LogP contribution is 2.18. The van der Waals surface area contributed by atoms with Gasteiger partial charge in [-0.2, -0.15) is 5.26 Å². The van der Waals surface area contributed by atoms with Gasteiger partial charge >= 0.3 is 6.03 Å². The first kappa shape index (κ1) is 16.7. The van der Waals surface area contributed by atoms with Crippen LogP contribution in [-0.2, 0) is 0 Å². The average Bonchev–Trinajstić information content (AvgIpc) is 2.61. The summed E-state index contributed by atoms with van der Waals surface area (Å²) in [5.74, 6) is 1.25. The van der Waals surface area contributed by atoms with Crippen LogP contribution in [0.4, 0.5) is 16.4 Å². The number of pyridine rings is 2. The molecule has 2 amide bonds. The number of carbonyl (C=O) groups is 1. The van der Waals surface area contributed by atoms with E-state index in [1.54, 1.807) is 23.2 Å². The summed E-state index contributed by atoms with van der Waals surface area (Å²) in [5.41, 5.74) is 2.49. The van der Waals surface area contributed by atoms with Crippen LogP contribution in [0.15, 0.2) is 30.5 Å². The number of aromatic nitrogens is 2. The molecule has 1 fully saturated rings. The number of rotatable bonds is 2. The molecule has 3 rings (SSSR count). The minimum absolute atomic E-state index is 0.154. The Morgan fingerprint density at radius 1 is 1.24 bits per heavy atom. The Morgan fingerprint density at radius 2 is 2.00 bits per heavy atom. The second kappa shape index (κ2) is 7.18. The molecule has 2 aromatic heterocycles. The zero-order valence-electron chi connectivity index (χ0n) is 14.4. The summed E-state index contributed by atoms with van der Waals surface area (Å²) in [6, 6.07) is 9.34. The van der Waals surface area contributed by atoms with Crippen molar-refractivity contribution in [3.05, 3.63) is 47.3 Å². The van der Waals surface area contributed by atoms with Gasteiger partial charge < -0.3 is 9.80 Å². The number of hydrogen-bond acceptors (Lipinski definition) is 5. The molecule has 7 nitrogen and oxygen atoms in total. The lowest BCUT2D eigenvalue weighted by atomic mass is 10.2. The van der Waals surface area contributed by atoms with Crippen LogP contribution in [0.5, 0.6) is 0 Å². The Bertz CT molecular complexity index is 800. The Morgan fingerprint density at radius 3 is 2.68 bits per heavy atom. The highest BCUT2D eigenvalue weighted by Gasteiger charge is 2.23. The van der Waals surface area contributed by atoms with E-state index in [-0.39, 0.29) is 6.03 Å². The van der Waals surface area contributed by atoms with Crippen LogP contribution in [0, 0.1) is 25.2 Å². The summed E-state index contributed by atoms with van der Waals surface area (Å²) in [5, 5.41) is 12.1. The van der Waals surface area contributed by atoms with Crippen LogP contribution in [0.3, 0.4) is 0 Å². The predicted octanol–water partition coefficient (Wildman–Crippen LogP) is 2.32. The first-order valence-electron chi connectivity index (χ1n) is 8.18. The minimum atomic E-state index is -0.154. The first-order chi connectivity index (χ1) is 12.1. The molecule has 1 saturated heterocycles. The van der Waals surface area contributed by atoms with Gasteiger partial charge in [-0.15, -0.1) is 0 Å². The smallest absolute Gasteiger partial charge is 0.323 e. The SMILES string of the molecule is Cc1cc(C)nc(NC(=O)N2CCN(c3ncccc3C#N)CC2)c1. The molecule has 0 unspecified atom stereocenters. The van der Waals surface area contributed by atoms with Gasteiger partial charge in [-0.3, -0.25) is 5.32 Å². The molecule has 1 aliphatic rings. The molecule has 0 radical (unpaired) electrons. The van der Waals surface area contributed by atoms with Crippen molar-refractivity contribution in [3.63, 3.8) is 0 Å².